The Morgan fingerprint density at radius 3 is 2.33 bits per heavy atom. The van der Waals surface area contributed by atoms with E-state index in [0.717, 1.165) is 30.2 Å². The summed E-state index contributed by atoms with van der Waals surface area (Å²) in [6.07, 6.45) is 2.38. The highest BCUT2D eigenvalue weighted by Gasteiger charge is 2.28. The van der Waals surface area contributed by atoms with Gasteiger partial charge in [-0.2, -0.15) is 0 Å². The zero-order valence-corrected chi connectivity index (χ0v) is 19.4. The van der Waals surface area contributed by atoms with E-state index in [1.165, 1.54) is 24.6 Å². The molecule has 3 aromatic rings. The fraction of sp³-hybridized carbons (Fsp3) is 0.333. The van der Waals surface area contributed by atoms with Crippen molar-refractivity contribution in [3.8, 4) is 5.69 Å². The number of urea groups is 1. The molecule has 0 saturated carbocycles. The number of carbonyl (C=O) groups excluding carboxylic acids is 2. The molecule has 1 fully saturated rings. The lowest BCUT2D eigenvalue weighted by atomic mass is 10.1. The standard InChI is InChI=1S/C24H28N6O2S/c1-2-25-23(32)26-22(31)21(18-11-5-3-6-12-18)33-24-28-27-20(17-29-15-9-10-16-29)30(24)19-13-7-4-8-14-19/h3-8,11-14,21H,2,9-10,15-17H2,1H3,(H2,25,26,31,32)/t21-/m1/s1. The second-order valence-electron chi connectivity index (χ2n) is 7.81. The highest BCUT2D eigenvalue weighted by molar-refractivity contribution is 8.00. The Bertz CT molecular complexity index is 1070. The minimum absolute atomic E-state index is 0.402. The van der Waals surface area contributed by atoms with E-state index in [1.54, 1.807) is 6.92 Å². The number of rotatable bonds is 8. The lowest BCUT2D eigenvalue weighted by Gasteiger charge is -2.18. The molecule has 0 unspecified atom stereocenters. The molecule has 9 heteroatoms. The first-order valence-electron chi connectivity index (χ1n) is 11.2. The number of imide groups is 1. The van der Waals surface area contributed by atoms with Crippen LogP contribution in [0.3, 0.4) is 0 Å². The zero-order valence-electron chi connectivity index (χ0n) is 18.6. The molecule has 1 saturated heterocycles. The van der Waals surface area contributed by atoms with Gasteiger partial charge in [-0.15, -0.1) is 10.2 Å². The van der Waals surface area contributed by atoms with Gasteiger partial charge < -0.3 is 5.32 Å². The summed E-state index contributed by atoms with van der Waals surface area (Å²) in [4.78, 5) is 27.5. The summed E-state index contributed by atoms with van der Waals surface area (Å²) in [7, 11) is 0. The van der Waals surface area contributed by atoms with E-state index >= 15 is 0 Å². The molecule has 0 spiro atoms. The molecule has 1 aliphatic heterocycles. The van der Waals surface area contributed by atoms with Crippen LogP contribution in [0, 0.1) is 0 Å². The van der Waals surface area contributed by atoms with Crippen molar-refractivity contribution in [2.45, 2.75) is 36.7 Å². The van der Waals surface area contributed by atoms with E-state index in [9.17, 15) is 9.59 Å². The van der Waals surface area contributed by atoms with Crippen LogP contribution in [0.4, 0.5) is 4.79 Å². The third kappa shape index (κ3) is 5.80. The highest BCUT2D eigenvalue weighted by atomic mass is 32.2. The molecule has 0 aliphatic carbocycles. The molecule has 0 radical (unpaired) electrons. The number of amides is 3. The van der Waals surface area contributed by atoms with Crippen LogP contribution in [0.2, 0.25) is 0 Å². The second kappa shape index (κ2) is 11.1. The smallest absolute Gasteiger partial charge is 0.321 e. The molecule has 1 atom stereocenters. The molecule has 4 rings (SSSR count). The Balaban J connectivity index is 1.67. The Morgan fingerprint density at radius 2 is 1.67 bits per heavy atom. The molecule has 33 heavy (non-hydrogen) atoms. The number of nitrogens with one attached hydrogen (secondary N) is 2. The minimum Gasteiger partial charge on any atom is -0.338 e. The topological polar surface area (TPSA) is 92.2 Å². The van der Waals surface area contributed by atoms with E-state index < -0.39 is 17.2 Å². The van der Waals surface area contributed by atoms with Crippen LogP contribution in [0.25, 0.3) is 5.69 Å². The van der Waals surface area contributed by atoms with Crippen molar-refractivity contribution < 1.29 is 9.59 Å². The maximum absolute atomic E-state index is 13.1. The maximum Gasteiger partial charge on any atom is 0.321 e. The molecule has 1 aliphatic rings. The lowest BCUT2D eigenvalue weighted by Crippen LogP contribution is -2.41. The fourth-order valence-corrected chi connectivity index (χ4v) is 4.92. The number of aromatic nitrogens is 3. The van der Waals surface area contributed by atoms with Gasteiger partial charge in [-0.3, -0.25) is 19.6 Å². The van der Waals surface area contributed by atoms with Crippen molar-refractivity contribution in [1.82, 2.24) is 30.3 Å². The zero-order chi connectivity index (χ0) is 23.0. The number of likely N-dealkylation sites (tertiary alicyclic amines) is 1. The number of hydrogen-bond donors (Lipinski definition) is 2. The first kappa shape index (κ1) is 23.0. The van der Waals surface area contributed by atoms with Crippen molar-refractivity contribution in [3.63, 3.8) is 0 Å². The monoisotopic (exact) mass is 464 g/mol. The Kier molecular flexibility index (Phi) is 7.74. The van der Waals surface area contributed by atoms with Gasteiger partial charge in [0.25, 0.3) is 0 Å². The summed E-state index contributed by atoms with van der Waals surface area (Å²) in [5.74, 6) is 0.433. The normalized spacial score (nSPS) is 14.7. The van der Waals surface area contributed by atoms with Gasteiger partial charge in [-0.05, 0) is 50.6 Å². The van der Waals surface area contributed by atoms with Crippen molar-refractivity contribution in [3.05, 3.63) is 72.1 Å². The lowest BCUT2D eigenvalue weighted by molar-refractivity contribution is -0.119. The highest BCUT2D eigenvalue weighted by Crippen LogP contribution is 2.36. The molecular weight excluding hydrogens is 436 g/mol. The van der Waals surface area contributed by atoms with Gasteiger partial charge in [0.15, 0.2) is 11.0 Å². The van der Waals surface area contributed by atoms with Crippen LogP contribution in [-0.4, -0.2) is 51.2 Å². The number of carbonyl (C=O) groups is 2. The van der Waals surface area contributed by atoms with Crippen molar-refractivity contribution in [1.29, 1.82) is 0 Å². The molecule has 8 nitrogen and oxygen atoms in total. The van der Waals surface area contributed by atoms with E-state index in [1.807, 2.05) is 65.2 Å². The van der Waals surface area contributed by atoms with Crippen LogP contribution >= 0.6 is 11.8 Å². The van der Waals surface area contributed by atoms with Crippen molar-refractivity contribution >= 4 is 23.7 Å². The van der Waals surface area contributed by atoms with Gasteiger partial charge in [0.1, 0.15) is 5.25 Å². The molecule has 2 heterocycles. The van der Waals surface area contributed by atoms with Crippen molar-refractivity contribution in [2.24, 2.45) is 0 Å². The molecule has 2 aromatic carbocycles. The molecule has 1 aromatic heterocycles. The van der Waals surface area contributed by atoms with E-state index in [4.69, 9.17) is 0 Å². The first-order chi connectivity index (χ1) is 16.2. The molecule has 0 bridgehead atoms. The third-order valence-corrected chi connectivity index (χ3v) is 6.61. The fourth-order valence-electron chi connectivity index (χ4n) is 3.84. The summed E-state index contributed by atoms with van der Waals surface area (Å²) in [6, 6.07) is 18.8. The largest absolute Gasteiger partial charge is 0.338 e. The summed E-state index contributed by atoms with van der Waals surface area (Å²) in [5, 5.41) is 14.0. The predicted molar refractivity (Wildman–Crippen MR) is 128 cm³/mol. The first-order valence-corrected chi connectivity index (χ1v) is 12.1. The molecule has 172 valence electrons. The van der Waals surface area contributed by atoms with Crippen LogP contribution in [-0.2, 0) is 11.3 Å². The number of para-hydroxylation sites is 1. The Labute approximate surface area is 197 Å². The third-order valence-electron chi connectivity index (χ3n) is 5.42. The summed E-state index contributed by atoms with van der Waals surface area (Å²) < 4.78 is 2.01. The molecule has 3 amide bonds. The molecule has 2 N–H and O–H groups in total. The van der Waals surface area contributed by atoms with Crippen molar-refractivity contribution in [2.75, 3.05) is 19.6 Å². The predicted octanol–water partition coefficient (Wildman–Crippen LogP) is 3.54. The van der Waals surface area contributed by atoms with E-state index in [2.05, 4.69) is 25.7 Å². The van der Waals surface area contributed by atoms with Gasteiger partial charge in [-0.1, -0.05) is 60.3 Å². The maximum atomic E-state index is 13.1. The number of nitrogens with zero attached hydrogens (tertiary/aromatic N) is 4. The summed E-state index contributed by atoms with van der Waals surface area (Å²) in [6.45, 7) is 5.03. The average molecular weight is 465 g/mol. The second-order valence-corrected chi connectivity index (χ2v) is 8.88. The summed E-state index contributed by atoms with van der Waals surface area (Å²) >= 11 is 1.29. The SMILES string of the molecule is CCNC(=O)NC(=O)[C@H](Sc1nnc(CN2CCCC2)n1-c1ccccc1)c1ccccc1. The summed E-state index contributed by atoms with van der Waals surface area (Å²) in [5.41, 5.74) is 1.73. The Hall–Kier alpha value is -3.17. The van der Waals surface area contributed by atoms with Gasteiger partial charge in [0.2, 0.25) is 5.91 Å². The van der Waals surface area contributed by atoms with Crippen LogP contribution in [0.5, 0.6) is 0 Å². The van der Waals surface area contributed by atoms with E-state index in [-0.39, 0.29) is 0 Å². The van der Waals surface area contributed by atoms with Gasteiger partial charge >= 0.3 is 6.03 Å². The van der Waals surface area contributed by atoms with Gasteiger partial charge in [0.05, 0.1) is 6.54 Å². The van der Waals surface area contributed by atoms with Gasteiger partial charge in [0, 0.05) is 12.2 Å². The van der Waals surface area contributed by atoms with Crippen LogP contribution in [0.15, 0.2) is 65.8 Å². The van der Waals surface area contributed by atoms with E-state index in [0.29, 0.717) is 18.2 Å². The van der Waals surface area contributed by atoms with Crippen LogP contribution < -0.4 is 10.6 Å². The molecular formula is C24H28N6O2S. The van der Waals surface area contributed by atoms with Gasteiger partial charge in [-0.25, -0.2) is 4.79 Å². The Morgan fingerprint density at radius 1 is 1.00 bits per heavy atom. The van der Waals surface area contributed by atoms with Crippen LogP contribution in [0.1, 0.15) is 36.4 Å². The number of benzene rings is 2. The quantitative estimate of drug-likeness (QED) is 0.496. The number of hydrogen-bond acceptors (Lipinski definition) is 6. The minimum atomic E-state index is -0.667. The average Bonchev–Trinajstić information content (AvgIpc) is 3.49. The number of thioether (sulfide) groups is 1.